The van der Waals surface area contributed by atoms with Crippen LogP contribution in [0.2, 0.25) is 0 Å². The monoisotopic (exact) mass is 255 g/mol. The molecule has 0 radical (unpaired) electrons. The Balaban J connectivity index is 2.13. The molecule has 0 fully saturated rings. The summed E-state index contributed by atoms with van der Waals surface area (Å²) in [4.78, 5) is 25.5. The predicted octanol–water partition coefficient (Wildman–Crippen LogP) is 2.63. The second-order valence-electron chi connectivity index (χ2n) is 4.64. The molecule has 3 nitrogen and oxygen atoms in total. The van der Waals surface area contributed by atoms with Gasteiger partial charge in [0.25, 0.3) is 0 Å². The minimum atomic E-state index is 0.174. The van der Waals surface area contributed by atoms with Crippen LogP contribution in [0.1, 0.15) is 44.9 Å². The number of unbranched alkanes of at least 4 members (excludes halogenated alkanes) is 1. The zero-order chi connectivity index (χ0) is 12.3. The molecule has 0 unspecified atom stereocenters. The lowest BCUT2D eigenvalue weighted by molar-refractivity contribution is -0.130. The highest BCUT2D eigenvalue weighted by Gasteiger charge is 2.31. The van der Waals surface area contributed by atoms with Crippen LogP contribution in [0.15, 0.2) is 11.3 Å². The minimum Gasteiger partial charge on any atom is -0.316 e. The first-order valence-electron chi connectivity index (χ1n) is 6.35. The van der Waals surface area contributed by atoms with Crippen molar-refractivity contribution in [2.75, 3.05) is 12.4 Å². The van der Waals surface area contributed by atoms with Crippen molar-refractivity contribution in [3.63, 3.8) is 0 Å². The lowest BCUT2D eigenvalue weighted by atomic mass is 9.88. The summed E-state index contributed by atoms with van der Waals surface area (Å²) in [6.07, 6.45) is 5.40. The third kappa shape index (κ3) is 2.71. The van der Waals surface area contributed by atoms with E-state index in [1.54, 1.807) is 0 Å². The van der Waals surface area contributed by atoms with E-state index in [0.717, 1.165) is 43.5 Å². The summed E-state index contributed by atoms with van der Waals surface area (Å²) in [6, 6.07) is 0. The first-order chi connectivity index (χ1) is 8.24. The van der Waals surface area contributed by atoms with Crippen LogP contribution in [-0.4, -0.2) is 29.0 Å². The van der Waals surface area contributed by atoms with Crippen LogP contribution in [0.3, 0.4) is 0 Å². The summed E-state index contributed by atoms with van der Waals surface area (Å²) in [6.45, 7) is 0.720. The average Bonchev–Trinajstić information content (AvgIpc) is 2.32. The molecule has 1 heterocycles. The predicted molar refractivity (Wildman–Crippen MR) is 66.8 cm³/mol. The number of carbonyl (C=O) groups is 2. The van der Waals surface area contributed by atoms with Crippen LogP contribution in [0.4, 0.5) is 0 Å². The molecule has 2 aliphatic rings. The molecule has 4 heteroatoms. The van der Waals surface area contributed by atoms with Gasteiger partial charge in [0, 0.05) is 36.5 Å². The van der Waals surface area contributed by atoms with Crippen LogP contribution < -0.4 is 0 Å². The Kier molecular flexibility index (Phi) is 4.21. The molecular weight excluding hydrogens is 238 g/mol. The summed E-state index contributed by atoms with van der Waals surface area (Å²) >= 11 is 5.65. The fourth-order valence-electron chi connectivity index (χ4n) is 2.60. The van der Waals surface area contributed by atoms with Crippen LogP contribution >= 0.6 is 11.6 Å². The zero-order valence-electron chi connectivity index (χ0n) is 10.0. The van der Waals surface area contributed by atoms with E-state index in [1.807, 2.05) is 4.90 Å². The zero-order valence-corrected chi connectivity index (χ0v) is 10.8. The quantitative estimate of drug-likeness (QED) is 0.572. The lowest BCUT2D eigenvalue weighted by Gasteiger charge is -2.34. The topological polar surface area (TPSA) is 37.4 Å². The minimum absolute atomic E-state index is 0.174. The van der Waals surface area contributed by atoms with Crippen molar-refractivity contribution in [3.8, 4) is 0 Å². The van der Waals surface area contributed by atoms with Crippen LogP contribution in [0.5, 0.6) is 0 Å². The van der Waals surface area contributed by atoms with Crippen molar-refractivity contribution in [2.45, 2.75) is 44.9 Å². The standard InChI is InChI=1S/C13H18ClNO2/c14-8-1-2-9-15-11-4-3-5-12(16)10(11)6-7-13(15)17/h1-9H2. The van der Waals surface area contributed by atoms with E-state index >= 15 is 0 Å². The van der Waals surface area contributed by atoms with E-state index in [2.05, 4.69) is 0 Å². The molecule has 0 aromatic carbocycles. The smallest absolute Gasteiger partial charge is 0.227 e. The molecule has 0 aromatic heterocycles. The summed E-state index contributed by atoms with van der Waals surface area (Å²) in [5.74, 6) is 1.06. The van der Waals surface area contributed by atoms with Crippen molar-refractivity contribution >= 4 is 23.3 Å². The average molecular weight is 256 g/mol. The van der Waals surface area contributed by atoms with Crippen molar-refractivity contribution in [1.82, 2.24) is 4.90 Å². The Morgan fingerprint density at radius 3 is 2.65 bits per heavy atom. The first-order valence-corrected chi connectivity index (χ1v) is 6.89. The molecule has 1 aliphatic carbocycles. The van der Waals surface area contributed by atoms with Crippen molar-refractivity contribution < 1.29 is 9.59 Å². The number of amides is 1. The highest BCUT2D eigenvalue weighted by Crippen LogP contribution is 2.32. The van der Waals surface area contributed by atoms with Gasteiger partial charge >= 0.3 is 0 Å². The van der Waals surface area contributed by atoms with Crippen LogP contribution in [0, 0.1) is 0 Å². The fourth-order valence-corrected chi connectivity index (χ4v) is 2.79. The van der Waals surface area contributed by atoms with E-state index in [1.165, 1.54) is 0 Å². The molecule has 94 valence electrons. The number of allylic oxidation sites excluding steroid dienone is 2. The number of rotatable bonds is 4. The molecule has 1 aliphatic heterocycles. The SMILES string of the molecule is O=C1CCCC2=C1CCC(=O)N2CCCCCl. The first kappa shape index (κ1) is 12.6. The molecule has 0 aromatic rings. The molecular formula is C13H18ClNO2. The maximum atomic E-state index is 11.9. The van der Waals surface area contributed by atoms with Crippen molar-refractivity contribution in [1.29, 1.82) is 0 Å². The summed E-state index contributed by atoms with van der Waals surface area (Å²) < 4.78 is 0. The second-order valence-corrected chi connectivity index (χ2v) is 5.02. The van der Waals surface area contributed by atoms with E-state index in [-0.39, 0.29) is 11.7 Å². The molecule has 17 heavy (non-hydrogen) atoms. The molecule has 1 amide bonds. The van der Waals surface area contributed by atoms with Gasteiger partial charge in [0.15, 0.2) is 5.78 Å². The Bertz CT molecular complexity index is 362. The summed E-state index contributed by atoms with van der Waals surface area (Å²) in [7, 11) is 0. The van der Waals surface area contributed by atoms with Gasteiger partial charge in [-0.25, -0.2) is 0 Å². The lowest BCUT2D eigenvalue weighted by Crippen LogP contribution is -2.38. The number of alkyl halides is 1. The van der Waals surface area contributed by atoms with Gasteiger partial charge in [-0.3, -0.25) is 9.59 Å². The molecule has 0 N–H and O–H groups in total. The van der Waals surface area contributed by atoms with Gasteiger partial charge in [-0.05, 0) is 32.1 Å². The number of halogens is 1. The number of hydrogen-bond donors (Lipinski definition) is 0. The Labute approximate surface area is 107 Å². The highest BCUT2D eigenvalue weighted by atomic mass is 35.5. The van der Waals surface area contributed by atoms with Crippen LogP contribution in [0.25, 0.3) is 0 Å². The number of Topliss-reactive ketones (excluding diaryl/α,β-unsaturated/α-hetero) is 1. The molecule has 0 saturated carbocycles. The molecule has 2 rings (SSSR count). The third-order valence-electron chi connectivity index (χ3n) is 3.48. The molecule has 0 spiro atoms. The summed E-state index contributed by atoms with van der Waals surface area (Å²) in [5.41, 5.74) is 1.92. The van der Waals surface area contributed by atoms with Gasteiger partial charge < -0.3 is 4.90 Å². The van der Waals surface area contributed by atoms with Gasteiger partial charge in [-0.2, -0.15) is 0 Å². The Morgan fingerprint density at radius 2 is 1.88 bits per heavy atom. The van der Waals surface area contributed by atoms with E-state index in [9.17, 15) is 9.59 Å². The molecule has 0 saturated heterocycles. The van der Waals surface area contributed by atoms with Crippen molar-refractivity contribution in [3.05, 3.63) is 11.3 Å². The fraction of sp³-hybridized carbons (Fsp3) is 0.692. The highest BCUT2D eigenvalue weighted by molar-refractivity contribution is 6.17. The van der Waals surface area contributed by atoms with Gasteiger partial charge in [-0.1, -0.05) is 0 Å². The molecule has 0 atom stereocenters. The maximum absolute atomic E-state index is 11.9. The number of hydrogen-bond acceptors (Lipinski definition) is 2. The largest absolute Gasteiger partial charge is 0.316 e. The normalized spacial score (nSPS) is 20.9. The Morgan fingerprint density at radius 1 is 1.06 bits per heavy atom. The summed E-state index contributed by atoms with van der Waals surface area (Å²) in [5, 5.41) is 0. The number of nitrogens with zero attached hydrogens (tertiary/aromatic N) is 1. The van der Waals surface area contributed by atoms with E-state index in [0.29, 0.717) is 25.1 Å². The van der Waals surface area contributed by atoms with Gasteiger partial charge in [-0.15, -0.1) is 11.6 Å². The van der Waals surface area contributed by atoms with Gasteiger partial charge in [0.05, 0.1) is 0 Å². The third-order valence-corrected chi connectivity index (χ3v) is 3.75. The van der Waals surface area contributed by atoms with Gasteiger partial charge in [0.2, 0.25) is 5.91 Å². The van der Waals surface area contributed by atoms with Crippen LogP contribution in [-0.2, 0) is 9.59 Å². The van der Waals surface area contributed by atoms with Gasteiger partial charge in [0.1, 0.15) is 0 Å². The van der Waals surface area contributed by atoms with E-state index in [4.69, 9.17) is 11.6 Å². The second kappa shape index (κ2) is 5.67. The van der Waals surface area contributed by atoms with Crippen molar-refractivity contribution in [2.24, 2.45) is 0 Å². The number of ketones is 1. The molecule has 0 bridgehead atoms. The number of carbonyl (C=O) groups excluding carboxylic acids is 2. The Hall–Kier alpha value is -0.830. The van der Waals surface area contributed by atoms with E-state index < -0.39 is 0 Å². The maximum Gasteiger partial charge on any atom is 0.227 e.